The Morgan fingerprint density at radius 1 is 1.20 bits per heavy atom. The lowest BCUT2D eigenvalue weighted by Crippen LogP contribution is -2.28. The van der Waals surface area contributed by atoms with Crippen molar-refractivity contribution < 1.29 is 5.11 Å². The first-order chi connectivity index (χ1) is 12.2. The van der Waals surface area contributed by atoms with Gasteiger partial charge in [-0.2, -0.15) is 0 Å². The van der Waals surface area contributed by atoms with Gasteiger partial charge in [0.25, 0.3) is 0 Å². The summed E-state index contributed by atoms with van der Waals surface area (Å²) in [4.78, 5) is 16.2. The van der Waals surface area contributed by atoms with Crippen molar-refractivity contribution in [2.75, 3.05) is 24.2 Å². The van der Waals surface area contributed by atoms with E-state index in [0.29, 0.717) is 5.16 Å². The number of fused-ring (bicyclic) bond motifs is 4. The Morgan fingerprint density at radius 2 is 1.96 bits per heavy atom. The number of aromatic nitrogens is 4. The number of hydrogen-bond acceptors (Lipinski definition) is 7. The van der Waals surface area contributed by atoms with Crippen LogP contribution in [0.4, 0.5) is 5.82 Å². The van der Waals surface area contributed by atoms with Crippen molar-refractivity contribution in [1.82, 2.24) is 19.5 Å². The van der Waals surface area contributed by atoms with Gasteiger partial charge >= 0.3 is 0 Å². The second-order valence-corrected chi connectivity index (χ2v) is 7.38. The second-order valence-electron chi connectivity index (χ2n) is 5.65. The Morgan fingerprint density at radius 3 is 2.68 bits per heavy atom. The first kappa shape index (κ1) is 16.7. The minimum atomic E-state index is -0.842. The number of imidazole rings is 1. The zero-order valence-electron chi connectivity index (χ0n) is 14.3. The van der Waals surface area contributed by atoms with Crippen molar-refractivity contribution in [3.63, 3.8) is 0 Å². The summed E-state index contributed by atoms with van der Waals surface area (Å²) in [6.07, 6.45) is 1.12. The Balaban J connectivity index is 1.95. The highest BCUT2D eigenvalue weighted by Gasteiger charge is 2.33. The topological polar surface area (TPSA) is 67.1 Å². The van der Waals surface area contributed by atoms with Crippen molar-refractivity contribution in [3.8, 4) is 0 Å². The number of nitrogens with zero attached hydrogens (tertiary/aromatic N) is 5. The summed E-state index contributed by atoms with van der Waals surface area (Å²) < 4.78 is 1.87. The van der Waals surface area contributed by atoms with E-state index < -0.39 is 6.23 Å². The highest BCUT2D eigenvalue weighted by Crippen LogP contribution is 2.45. The number of aliphatic hydroxyl groups excluding tert-OH is 1. The van der Waals surface area contributed by atoms with Crippen molar-refractivity contribution in [3.05, 3.63) is 29.8 Å². The highest BCUT2D eigenvalue weighted by atomic mass is 32.2. The van der Waals surface area contributed by atoms with E-state index in [0.717, 1.165) is 45.7 Å². The van der Waals surface area contributed by atoms with E-state index in [-0.39, 0.29) is 0 Å². The lowest BCUT2D eigenvalue weighted by molar-refractivity contribution is 0.135. The number of para-hydroxylation sites is 2. The molecule has 2 aromatic heterocycles. The SMILES string of the molecule is CCN(CC)c1nc(SC)nc2c1C(O)n1c(nc3ccccc31)S2. The van der Waals surface area contributed by atoms with Crippen LogP contribution in [0.2, 0.25) is 0 Å². The zero-order chi connectivity index (χ0) is 17.6. The molecule has 25 heavy (non-hydrogen) atoms. The van der Waals surface area contributed by atoms with Crippen molar-refractivity contribution in [2.45, 2.75) is 35.4 Å². The molecule has 8 heteroatoms. The van der Waals surface area contributed by atoms with Gasteiger partial charge in [0.05, 0.1) is 16.6 Å². The summed E-state index contributed by atoms with van der Waals surface area (Å²) >= 11 is 3.01. The van der Waals surface area contributed by atoms with E-state index in [1.165, 1.54) is 23.5 Å². The number of aliphatic hydroxyl groups is 1. The van der Waals surface area contributed by atoms with Gasteiger partial charge in [0.1, 0.15) is 10.8 Å². The molecule has 0 radical (unpaired) electrons. The van der Waals surface area contributed by atoms with Crippen molar-refractivity contribution in [2.24, 2.45) is 0 Å². The smallest absolute Gasteiger partial charge is 0.190 e. The molecular formula is C17H19N5OS2. The fourth-order valence-corrected chi connectivity index (χ4v) is 4.59. The first-order valence-electron chi connectivity index (χ1n) is 8.21. The standard InChI is InChI=1S/C17H19N5OS2/c1-4-21(5-2)13-12-14(20-16(19-13)24-3)25-17-18-10-8-6-7-9-11(10)22(17)15(12)23/h6-9,15,23H,4-5H2,1-3H3. The van der Waals surface area contributed by atoms with Gasteiger partial charge in [-0.1, -0.05) is 23.9 Å². The van der Waals surface area contributed by atoms with Crippen LogP contribution in [0.3, 0.4) is 0 Å². The molecule has 1 aromatic carbocycles. The van der Waals surface area contributed by atoms with E-state index in [4.69, 9.17) is 4.98 Å². The first-order valence-corrected chi connectivity index (χ1v) is 10.3. The molecule has 0 aliphatic carbocycles. The van der Waals surface area contributed by atoms with Crippen LogP contribution >= 0.6 is 23.5 Å². The molecular weight excluding hydrogens is 354 g/mol. The van der Waals surface area contributed by atoms with E-state index in [1.807, 2.05) is 35.1 Å². The lowest BCUT2D eigenvalue weighted by Gasteiger charge is -2.30. The monoisotopic (exact) mass is 373 g/mol. The molecule has 1 aliphatic heterocycles. The fourth-order valence-electron chi connectivity index (χ4n) is 3.12. The Hall–Kier alpha value is -1.77. The summed E-state index contributed by atoms with van der Waals surface area (Å²) in [7, 11) is 0. The fraction of sp³-hybridized carbons (Fsp3) is 0.353. The number of benzene rings is 1. The van der Waals surface area contributed by atoms with Crippen LogP contribution < -0.4 is 4.90 Å². The minimum absolute atomic E-state index is 0.713. The predicted octanol–water partition coefficient (Wildman–Crippen LogP) is 3.40. The van der Waals surface area contributed by atoms with Crippen molar-refractivity contribution >= 4 is 40.4 Å². The third-order valence-electron chi connectivity index (χ3n) is 4.37. The third-order valence-corrected chi connectivity index (χ3v) is 5.89. The number of hydrogen-bond donors (Lipinski definition) is 1. The Bertz CT molecular complexity index is 938. The Kier molecular flexibility index (Phi) is 4.35. The van der Waals surface area contributed by atoms with Gasteiger partial charge in [-0.15, -0.1) is 0 Å². The lowest BCUT2D eigenvalue weighted by atomic mass is 10.2. The van der Waals surface area contributed by atoms with Gasteiger partial charge in [0.2, 0.25) is 0 Å². The Labute approximate surface area is 154 Å². The van der Waals surface area contributed by atoms with Crippen LogP contribution in [-0.2, 0) is 0 Å². The van der Waals surface area contributed by atoms with E-state index in [9.17, 15) is 5.11 Å². The third kappa shape index (κ3) is 2.59. The molecule has 3 heterocycles. The maximum absolute atomic E-state index is 11.2. The molecule has 0 amide bonds. The molecule has 4 rings (SSSR count). The summed E-state index contributed by atoms with van der Waals surface area (Å²) in [5.41, 5.74) is 2.56. The molecule has 0 fully saturated rings. The van der Waals surface area contributed by atoms with Crippen LogP contribution in [0, 0.1) is 0 Å². The van der Waals surface area contributed by atoms with Gasteiger partial charge in [0.15, 0.2) is 16.5 Å². The average molecular weight is 374 g/mol. The van der Waals surface area contributed by atoms with E-state index >= 15 is 0 Å². The molecule has 1 aliphatic rings. The van der Waals surface area contributed by atoms with Gasteiger partial charge < -0.3 is 10.0 Å². The quantitative estimate of drug-likeness (QED) is 0.427. The number of rotatable bonds is 4. The van der Waals surface area contributed by atoms with Crippen LogP contribution in [0.1, 0.15) is 25.6 Å². The molecule has 1 atom stereocenters. The predicted molar refractivity (Wildman–Crippen MR) is 102 cm³/mol. The molecule has 0 saturated heterocycles. The maximum atomic E-state index is 11.2. The average Bonchev–Trinajstić information content (AvgIpc) is 3.00. The summed E-state index contributed by atoms with van der Waals surface area (Å²) in [6.45, 7) is 5.83. The van der Waals surface area contributed by atoms with Gasteiger partial charge in [-0.05, 0) is 44.0 Å². The number of thioether (sulfide) groups is 1. The van der Waals surface area contributed by atoms with Gasteiger partial charge in [-0.25, -0.2) is 15.0 Å². The molecule has 6 nitrogen and oxygen atoms in total. The summed E-state index contributed by atoms with van der Waals surface area (Å²) in [6, 6.07) is 7.86. The normalized spacial score (nSPS) is 15.9. The largest absolute Gasteiger partial charge is 0.369 e. The second kappa shape index (κ2) is 6.51. The zero-order valence-corrected chi connectivity index (χ0v) is 15.9. The molecule has 1 N–H and O–H groups in total. The number of anilines is 1. The van der Waals surface area contributed by atoms with Crippen LogP contribution in [0.25, 0.3) is 11.0 Å². The molecule has 0 saturated carbocycles. The van der Waals surface area contributed by atoms with E-state index in [1.54, 1.807) is 0 Å². The minimum Gasteiger partial charge on any atom is -0.369 e. The van der Waals surface area contributed by atoms with Crippen LogP contribution in [0.5, 0.6) is 0 Å². The molecule has 0 spiro atoms. The molecule has 130 valence electrons. The molecule has 0 bridgehead atoms. The van der Waals surface area contributed by atoms with Crippen molar-refractivity contribution in [1.29, 1.82) is 0 Å². The summed E-state index contributed by atoms with van der Waals surface area (Å²) in [5, 5.41) is 13.4. The molecule has 1 unspecified atom stereocenters. The van der Waals surface area contributed by atoms with Gasteiger partial charge in [-0.3, -0.25) is 4.57 Å². The summed E-state index contributed by atoms with van der Waals surface area (Å²) in [5.74, 6) is 0.808. The van der Waals surface area contributed by atoms with E-state index in [2.05, 4.69) is 28.7 Å². The van der Waals surface area contributed by atoms with Crippen LogP contribution in [0.15, 0.2) is 39.6 Å². The maximum Gasteiger partial charge on any atom is 0.190 e. The van der Waals surface area contributed by atoms with Crippen LogP contribution in [-0.4, -0.2) is 44.0 Å². The molecule has 3 aromatic rings. The highest BCUT2D eigenvalue weighted by molar-refractivity contribution is 7.99. The van der Waals surface area contributed by atoms with Gasteiger partial charge in [0, 0.05) is 13.1 Å².